The van der Waals surface area contributed by atoms with Gasteiger partial charge in [-0.3, -0.25) is 4.79 Å². The number of hydrogen-bond donors (Lipinski definition) is 2. The molecule has 0 bridgehead atoms. The van der Waals surface area contributed by atoms with Crippen LogP contribution in [0.25, 0.3) is 15.8 Å². The number of nitrogens with one attached hydrogen (secondary N) is 2. The van der Waals surface area contributed by atoms with Crippen molar-refractivity contribution in [1.29, 1.82) is 0 Å². The number of anilines is 4. The van der Waals surface area contributed by atoms with Gasteiger partial charge in [0.1, 0.15) is 10.6 Å². The SMILES string of the molecule is C=CC(=O)Nc1cc(Nc2nc(/C(=C/C)c3ccccc3CCC)c3ccsc3n2)c(OC)cc1N(C)CCN(C)C. The fourth-order valence-electron chi connectivity index (χ4n) is 4.83. The average molecular weight is 585 g/mol. The van der Waals surface area contributed by atoms with E-state index in [9.17, 15) is 4.79 Å². The van der Waals surface area contributed by atoms with E-state index in [0.717, 1.165) is 53.1 Å². The van der Waals surface area contributed by atoms with Crippen molar-refractivity contribution in [3.63, 3.8) is 0 Å². The molecule has 8 nitrogen and oxygen atoms in total. The second-order valence-corrected chi connectivity index (χ2v) is 11.2. The first kappa shape index (κ1) is 30.7. The number of rotatable bonds is 13. The fraction of sp³-hybridized carbons (Fsp3) is 0.303. The van der Waals surface area contributed by atoms with Gasteiger partial charge in [0.05, 0.1) is 29.9 Å². The van der Waals surface area contributed by atoms with E-state index in [0.29, 0.717) is 23.1 Å². The molecule has 220 valence electrons. The number of likely N-dealkylation sites (N-methyl/N-ethyl adjacent to an activating group) is 2. The van der Waals surface area contributed by atoms with Crippen LogP contribution in [0.5, 0.6) is 5.75 Å². The number of amides is 1. The third kappa shape index (κ3) is 6.98. The first-order chi connectivity index (χ1) is 20.3. The first-order valence-electron chi connectivity index (χ1n) is 14.1. The molecule has 2 heterocycles. The molecule has 0 atom stereocenters. The molecule has 0 aliphatic heterocycles. The highest BCUT2D eigenvalue weighted by atomic mass is 32.1. The number of aromatic nitrogens is 2. The third-order valence-electron chi connectivity index (χ3n) is 7.00. The van der Waals surface area contributed by atoms with Crippen molar-refractivity contribution < 1.29 is 9.53 Å². The topological polar surface area (TPSA) is 82.6 Å². The Balaban J connectivity index is 1.80. The fourth-order valence-corrected chi connectivity index (χ4v) is 5.60. The summed E-state index contributed by atoms with van der Waals surface area (Å²) in [6.45, 7) is 9.47. The Morgan fingerprint density at radius 2 is 1.88 bits per heavy atom. The Bertz CT molecular complexity index is 1590. The van der Waals surface area contributed by atoms with E-state index in [1.165, 1.54) is 17.2 Å². The van der Waals surface area contributed by atoms with Crippen LogP contribution in [0.1, 0.15) is 37.1 Å². The first-order valence-corrected chi connectivity index (χ1v) is 15.0. The maximum absolute atomic E-state index is 12.4. The predicted octanol–water partition coefficient (Wildman–Crippen LogP) is 6.97. The summed E-state index contributed by atoms with van der Waals surface area (Å²) >= 11 is 1.57. The maximum Gasteiger partial charge on any atom is 0.247 e. The number of hydrogen-bond acceptors (Lipinski definition) is 8. The van der Waals surface area contributed by atoms with Gasteiger partial charge in [-0.25, -0.2) is 9.97 Å². The van der Waals surface area contributed by atoms with Crippen molar-refractivity contribution in [3.8, 4) is 5.75 Å². The molecule has 0 saturated heterocycles. The number of ether oxygens (including phenoxy) is 1. The molecule has 0 radical (unpaired) electrons. The highest BCUT2D eigenvalue weighted by molar-refractivity contribution is 7.16. The molecule has 0 fully saturated rings. The minimum absolute atomic E-state index is 0.296. The highest BCUT2D eigenvalue weighted by Gasteiger charge is 2.19. The van der Waals surface area contributed by atoms with Gasteiger partial charge in [0.15, 0.2) is 0 Å². The summed E-state index contributed by atoms with van der Waals surface area (Å²) in [6.07, 6.45) is 5.43. The van der Waals surface area contributed by atoms with Crippen LogP contribution in [-0.4, -0.2) is 62.1 Å². The predicted molar refractivity (Wildman–Crippen MR) is 178 cm³/mol. The van der Waals surface area contributed by atoms with Crippen molar-refractivity contribution in [1.82, 2.24) is 14.9 Å². The average Bonchev–Trinajstić information content (AvgIpc) is 3.46. The zero-order chi connectivity index (χ0) is 30.2. The lowest BCUT2D eigenvalue weighted by atomic mass is 9.93. The Morgan fingerprint density at radius 1 is 1.10 bits per heavy atom. The van der Waals surface area contributed by atoms with Gasteiger partial charge in [0.2, 0.25) is 11.9 Å². The molecule has 0 aliphatic carbocycles. The molecule has 4 rings (SSSR count). The van der Waals surface area contributed by atoms with Gasteiger partial charge in [-0.05, 0) is 62.2 Å². The summed E-state index contributed by atoms with van der Waals surface area (Å²) < 4.78 is 5.81. The largest absolute Gasteiger partial charge is 0.494 e. The summed E-state index contributed by atoms with van der Waals surface area (Å²) in [5, 5.41) is 9.40. The number of thiophene rings is 1. The second-order valence-electron chi connectivity index (χ2n) is 10.3. The van der Waals surface area contributed by atoms with E-state index >= 15 is 0 Å². The number of fused-ring (bicyclic) bond motifs is 1. The summed E-state index contributed by atoms with van der Waals surface area (Å²) in [7, 11) is 7.68. The normalized spacial score (nSPS) is 11.5. The number of nitrogens with zero attached hydrogens (tertiary/aromatic N) is 4. The number of benzene rings is 2. The van der Waals surface area contributed by atoms with Crippen molar-refractivity contribution >= 4 is 56.0 Å². The van der Waals surface area contributed by atoms with Gasteiger partial charge in [0.25, 0.3) is 0 Å². The molecule has 4 aromatic rings. The van der Waals surface area contributed by atoms with Crippen LogP contribution in [-0.2, 0) is 11.2 Å². The number of carbonyl (C=O) groups is 1. The maximum atomic E-state index is 12.4. The highest BCUT2D eigenvalue weighted by Crippen LogP contribution is 2.39. The van der Waals surface area contributed by atoms with Crippen LogP contribution in [0.15, 0.2) is 66.6 Å². The number of allylic oxidation sites excluding steroid dienone is 1. The summed E-state index contributed by atoms with van der Waals surface area (Å²) in [6, 6.07) is 14.4. The van der Waals surface area contributed by atoms with E-state index in [1.807, 2.05) is 38.7 Å². The molecular formula is C33H40N6O2S. The van der Waals surface area contributed by atoms with Gasteiger partial charge in [-0.2, -0.15) is 0 Å². The van der Waals surface area contributed by atoms with Crippen LogP contribution in [0.4, 0.5) is 23.0 Å². The molecule has 0 spiro atoms. The number of aryl methyl sites for hydroxylation is 1. The standard InChI is InChI=1S/C33H40N6O2S/c1-8-13-22-14-11-12-15-24(22)23(9-2)31-25-16-19-42-32(25)37-33(36-31)35-27-20-26(34-30(40)10-3)28(21-29(27)41-7)39(6)18-17-38(4)5/h9-12,14-16,19-21H,3,8,13,17-18H2,1-2,4-7H3,(H,34,40)(H,35,36,37)/b23-9+. The van der Waals surface area contributed by atoms with Gasteiger partial charge in [0, 0.05) is 37.2 Å². The molecule has 2 aromatic carbocycles. The molecule has 2 aromatic heterocycles. The third-order valence-corrected chi connectivity index (χ3v) is 7.80. The van der Waals surface area contributed by atoms with E-state index in [-0.39, 0.29) is 5.91 Å². The van der Waals surface area contributed by atoms with Crippen LogP contribution in [0.2, 0.25) is 0 Å². The Labute approximate surface area is 252 Å². The Kier molecular flexibility index (Phi) is 10.3. The molecule has 0 aliphatic rings. The van der Waals surface area contributed by atoms with Crippen LogP contribution in [0, 0.1) is 0 Å². The second kappa shape index (κ2) is 14.1. The molecule has 2 N–H and O–H groups in total. The molecule has 0 saturated carbocycles. The van der Waals surface area contributed by atoms with E-state index < -0.39 is 0 Å². The van der Waals surface area contributed by atoms with Gasteiger partial charge in [-0.1, -0.05) is 50.3 Å². The molecular weight excluding hydrogens is 544 g/mol. The molecule has 42 heavy (non-hydrogen) atoms. The van der Waals surface area contributed by atoms with Crippen molar-refractivity contribution in [2.75, 3.05) is 56.9 Å². The van der Waals surface area contributed by atoms with Gasteiger partial charge >= 0.3 is 0 Å². The lowest BCUT2D eigenvalue weighted by Gasteiger charge is -2.26. The van der Waals surface area contributed by atoms with Gasteiger partial charge in [-0.15, -0.1) is 11.3 Å². The van der Waals surface area contributed by atoms with Crippen LogP contribution < -0.4 is 20.3 Å². The quantitative estimate of drug-likeness (QED) is 0.164. The Morgan fingerprint density at radius 3 is 2.57 bits per heavy atom. The summed E-state index contributed by atoms with van der Waals surface area (Å²) in [4.78, 5) is 27.4. The van der Waals surface area contributed by atoms with Crippen molar-refractivity contribution in [2.45, 2.75) is 26.7 Å². The van der Waals surface area contributed by atoms with Crippen molar-refractivity contribution in [2.24, 2.45) is 0 Å². The van der Waals surface area contributed by atoms with E-state index in [2.05, 4.69) is 77.3 Å². The molecule has 1 amide bonds. The minimum atomic E-state index is -0.296. The Hall–Kier alpha value is -4.21. The van der Waals surface area contributed by atoms with E-state index in [4.69, 9.17) is 14.7 Å². The molecule has 9 heteroatoms. The van der Waals surface area contributed by atoms with Crippen molar-refractivity contribution in [3.05, 3.63) is 83.4 Å². The summed E-state index contributed by atoms with van der Waals surface area (Å²) in [5.74, 6) is 0.755. The van der Waals surface area contributed by atoms with Crippen LogP contribution in [0.3, 0.4) is 0 Å². The summed E-state index contributed by atoms with van der Waals surface area (Å²) in [5.41, 5.74) is 6.50. The minimum Gasteiger partial charge on any atom is -0.494 e. The number of methoxy groups -OCH3 is 1. The number of carbonyl (C=O) groups excluding carboxylic acids is 1. The zero-order valence-corrected chi connectivity index (χ0v) is 26.1. The van der Waals surface area contributed by atoms with Crippen LogP contribution >= 0.6 is 11.3 Å². The molecule has 0 unspecified atom stereocenters. The lowest BCUT2D eigenvalue weighted by Crippen LogP contribution is -2.29. The smallest absolute Gasteiger partial charge is 0.247 e. The monoisotopic (exact) mass is 584 g/mol. The zero-order valence-electron chi connectivity index (χ0n) is 25.3. The van der Waals surface area contributed by atoms with E-state index in [1.54, 1.807) is 18.4 Å². The van der Waals surface area contributed by atoms with Gasteiger partial charge < -0.3 is 25.2 Å². The lowest BCUT2D eigenvalue weighted by molar-refractivity contribution is -0.111.